The van der Waals surface area contributed by atoms with Gasteiger partial charge in [0.25, 0.3) is 0 Å². The van der Waals surface area contributed by atoms with Gasteiger partial charge in [0.1, 0.15) is 5.75 Å². The number of benzene rings is 1. The van der Waals surface area contributed by atoms with Gasteiger partial charge in [-0.25, -0.2) is 0 Å². The van der Waals surface area contributed by atoms with E-state index in [1.54, 1.807) is 0 Å². The minimum absolute atomic E-state index is 0.570. The quantitative estimate of drug-likeness (QED) is 0.733. The standard InChI is InChI=1S/C11H17NOS/c1-2-14-7-6-13-11-5-3-4-10(8-11)9-12/h3-5,8H,2,6-7,9,12H2,1H3. The van der Waals surface area contributed by atoms with Crippen molar-refractivity contribution in [3.05, 3.63) is 29.8 Å². The Morgan fingerprint density at radius 1 is 1.43 bits per heavy atom. The van der Waals surface area contributed by atoms with Crippen LogP contribution in [0.1, 0.15) is 12.5 Å². The topological polar surface area (TPSA) is 35.2 Å². The minimum Gasteiger partial charge on any atom is -0.493 e. The van der Waals surface area contributed by atoms with Crippen molar-refractivity contribution < 1.29 is 4.74 Å². The molecule has 0 aliphatic carbocycles. The summed E-state index contributed by atoms with van der Waals surface area (Å²) >= 11 is 1.89. The first-order valence-electron chi connectivity index (χ1n) is 4.86. The highest BCUT2D eigenvalue weighted by molar-refractivity contribution is 7.99. The van der Waals surface area contributed by atoms with E-state index in [-0.39, 0.29) is 0 Å². The Balaban J connectivity index is 2.34. The van der Waals surface area contributed by atoms with Crippen molar-refractivity contribution in [2.45, 2.75) is 13.5 Å². The van der Waals surface area contributed by atoms with Crippen LogP contribution < -0.4 is 10.5 Å². The van der Waals surface area contributed by atoms with Gasteiger partial charge in [0.05, 0.1) is 6.61 Å². The van der Waals surface area contributed by atoms with Crippen molar-refractivity contribution >= 4 is 11.8 Å². The zero-order chi connectivity index (χ0) is 10.2. The van der Waals surface area contributed by atoms with Crippen LogP contribution in [0.4, 0.5) is 0 Å². The maximum atomic E-state index is 5.57. The number of nitrogens with two attached hydrogens (primary N) is 1. The zero-order valence-electron chi connectivity index (χ0n) is 8.53. The van der Waals surface area contributed by atoms with Gasteiger partial charge in [-0.05, 0) is 23.4 Å². The molecule has 0 saturated heterocycles. The highest BCUT2D eigenvalue weighted by Gasteiger charge is 1.94. The van der Waals surface area contributed by atoms with Crippen molar-refractivity contribution in [1.29, 1.82) is 0 Å². The lowest BCUT2D eigenvalue weighted by molar-refractivity contribution is 0.343. The first-order chi connectivity index (χ1) is 6.86. The molecule has 0 aromatic heterocycles. The second-order valence-electron chi connectivity index (χ2n) is 2.90. The van der Waals surface area contributed by atoms with Gasteiger partial charge >= 0.3 is 0 Å². The van der Waals surface area contributed by atoms with E-state index in [0.29, 0.717) is 6.54 Å². The highest BCUT2D eigenvalue weighted by Crippen LogP contribution is 2.13. The third-order valence-electron chi connectivity index (χ3n) is 1.83. The van der Waals surface area contributed by atoms with Crippen LogP contribution >= 0.6 is 11.8 Å². The van der Waals surface area contributed by atoms with Crippen LogP contribution in [-0.2, 0) is 6.54 Å². The fourth-order valence-electron chi connectivity index (χ4n) is 1.13. The predicted molar refractivity (Wildman–Crippen MR) is 62.8 cm³/mol. The Hall–Kier alpha value is -0.670. The van der Waals surface area contributed by atoms with E-state index in [0.717, 1.165) is 29.4 Å². The molecule has 78 valence electrons. The van der Waals surface area contributed by atoms with Gasteiger partial charge < -0.3 is 10.5 Å². The summed E-state index contributed by atoms with van der Waals surface area (Å²) < 4.78 is 5.57. The van der Waals surface area contributed by atoms with E-state index >= 15 is 0 Å². The maximum Gasteiger partial charge on any atom is 0.119 e. The molecule has 14 heavy (non-hydrogen) atoms. The lowest BCUT2D eigenvalue weighted by Crippen LogP contribution is -2.01. The molecule has 0 heterocycles. The molecular weight excluding hydrogens is 194 g/mol. The average molecular weight is 211 g/mol. The van der Waals surface area contributed by atoms with Crippen molar-refractivity contribution in [3.63, 3.8) is 0 Å². The van der Waals surface area contributed by atoms with Gasteiger partial charge in [-0.15, -0.1) is 0 Å². The summed E-state index contributed by atoms with van der Waals surface area (Å²) in [5, 5.41) is 0. The van der Waals surface area contributed by atoms with Crippen LogP contribution in [0.2, 0.25) is 0 Å². The largest absolute Gasteiger partial charge is 0.493 e. The van der Waals surface area contributed by atoms with Crippen LogP contribution in [0.5, 0.6) is 5.75 Å². The van der Waals surface area contributed by atoms with Crippen LogP contribution in [0.3, 0.4) is 0 Å². The lowest BCUT2D eigenvalue weighted by Gasteiger charge is -2.06. The maximum absolute atomic E-state index is 5.57. The summed E-state index contributed by atoms with van der Waals surface area (Å²) in [6.07, 6.45) is 0. The molecule has 0 amide bonds. The zero-order valence-corrected chi connectivity index (χ0v) is 9.35. The predicted octanol–water partition coefficient (Wildman–Crippen LogP) is 2.28. The van der Waals surface area contributed by atoms with E-state index in [4.69, 9.17) is 10.5 Å². The van der Waals surface area contributed by atoms with Crippen LogP contribution in [0.25, 0.3) is 0 Å². The fraction of sp³-hybridized carbons (Fsp3) is 0.455. The lowest BCUT2D eigenvalue weighted by atomic mass is 10.2. The monoisotopic (exact) mass is 211 g/mol. The third kappa shape index (κ3) is 4.03. The normalized spacial score (nSPS) is 10.1. The molecular formula is C11H17NOS. The molecule has 0 spiro atoms. The van der Waals surface area contributed by atoms with E-state index in [1.807, 2.05) is 36.0 Å². The van der Waals surface area contributed by atoms with E-state index < -0.39 is 0 Å². The molecule has 0 radical (unpaired) electrons. The van der Waals surface area contributed by atoms with Crippen LogP contribution in [-0.4, -0.2) is 18.1 Å². The molecule has 0 fully saturated rings. The van der Waals surface area contributed by atoms with Crippen LogP contribution in [0, 0.1) is 0 Å². The smallest absolute Gasteiger partial charge is 0.119 e. The van der Waals surface area contributed by atoms with Crippen molar-refractivity contribution in [2.75, 3.05) is 18.1 Å². The molecule has 1 aromatic rings. The molecule has 1 rings (SSSR count). The summed E-state index contributed by atoms with van der Waals surface area (Å²) in [5.41, 5.74) is 6.65. The molecule has 1 aromatic carbocycles. The molecule has 0 unspecified atom stereocenters. The van der Waals surface area contributed by atoms with Gasteiger partial charge in [-0.2, -0.15) is 11.8 Å². The van der Waals surface area contributed by atoms with E-state index in [9.17, 15) is 0 Å². The summed E-state index contributed by atoms with van der Waals surface area (Å²) in [6.45, 7) is 3.49. The summed E-state index contributed by atoms with van der Waals surface area (Å²) in [5.74, 6) is 3.11. The molecule has 0 saturated carbocycles. The van der Waals surface area contributed by atoms with Crippen molar-refractivity contribution in [2.24, 2.45) is 5.73 Å². The summed E-state index contributed by atoms with van der Waals surface area (Å²) in [7, 11) is 0. The number of ether oxygens (including phenoxy) is 1. The molecule has 2 nitrogen and oxygen atoms in total. The Labute approximate surface area is 89.8 Å². The SMILES string of the molecule is CCSCCOc1cccc(CN)c1. The Kier molecular flexibility index (Phi) is 5.49. The number of thioether (sulfide) groups is 1. The van der Waals surface area contributed by atoms with Gasteiger partial charge in [-0.3, -0.25) is 0 Å². The van der Waals surface area contributed by atoms with Crippen LogP contribution in [0.15, 0.2) is 24.3 Å². The Morgan fingerprint density at radius 3 is 3.00 bits per heavy atom. The van der Waals surface area contributed by atoms with E-state index in [2.05, 4.69) is 6.92 Å². The molecule has 2 N–H and O–H groups in total. The molecule has 3 heteroatoms. The first-order valence-corrected chi connectivity index (χ1v) is 6.02. The Bertz CT molecular complexity index is 265. The van der Waals surface area contributed by atoms with Gasteiger partial charge in [0.2, 0.25) is 0 Å². The average Bonchev–Trinajstić information content (AvgIpc) is 2.25. The fourth-order valence-corrected chi connectivity index (χ4v) is 1.61. The first kappa shape index (κ1) is 11.4. The summed E-state index contributed by atoms with van der Waals surface area (Å²) in [6, 6.07) is 7.95. The third-order valence-corrected chi connectivity index (χ3v) is 2.70. The number of hydrogen-bond acceptors (Lipinski definition) is 3. The Morgan fingerprint density at radius 2 is 2.29 bits per heavy atom. The van der Waals surface area contributed by atoms with Gasteiger partial charge in [0.15, 0.2) is 0 Å². The van der Waals surface area contributed by atoms with Gasteiger partial charge in [0, 0.05) is 12.3 Å². The molecule has 0 bridgehead atoms. The minimum atomic E-state index is 0.570. The summed E-state index contributed by atoms with van der Waals surface area (Å²) in [4.78, 5) is 0. The van der Waals surface area contributed by atoms with E-state index in [1.165, 1.54) is 0 Å². The molecule has 0 atom stereocenters. The van der Waals surface area contributed by atoms with Crippen molar-refractivity contribution in [1.82, 2.24) is 0 Å². The highest BCUT2D eigenvalue weighted by atomic mass is 32.2. The van der Waals surface area contributed by atoms with Gasteiger partial charge in [-0.1, -0.05) is 19.1 Å². The molecule has 0 aliphatic heterocycles. The number of hydrogen-bond donors (Lipinski definition) is 1. The second-order valence-corrected chi connectivity index (χ2v) is 4.29. The second kappa shape index (κ2) is 6.74. The number of rotatable bonds is 6. The molecule has 0 aliphatic rings. The van der Waals surface area contributed by atoms with Crippen molar-refractivity contribution in [3.8, 4) is 5.75 Å².